The van der Waals surface area contributed by atoms with Crippen LogP contribution in [0.5, 0.6) is 0 Å². The first-order valence-electron chi connectivity index (χ1n) is 6.42. The van der Waals surface area contributed by atoms with E-state index in [2.05, 4.69) is 22.0 Å². The maximum Gasteiger partial charge on any atom is 0.209 e. The van der Waals surface area contributed by atoms with Gasteiger partial charge in [0.2, 0.25) is 5.78 Å². The Morgan fingerprint density at radius 2 is 2.05 bits per heavy atom. The van der Waals surface area contributed by atoms with Crippen molar-refractivity contribution in [1.82, 2.24) is 4.40 Å². The number of benzene rings is 1. The second kappa shape index (κ2) is 5.19. The third-order valence-corrected chi connectivity index (χ3v) is 4.01. The lowest BCUT2D eigenvalue weighted by Crippen LogP contribution is -2.06. The topological polar surface area (TPSA) is 45.3 Å². The van der Waals surface area contributed by atoms with Crippen LogP contribution in [0.4, 0.5) is 0 Å². The average Bonchev–Trinajstić information content (AvgIpc) is 2.91. The zero-order chi connectivity index (χ0) is 15.0. The number of halogens is 1. The Balaban J connectivity index is 2.15. The van der Waals surface area contributed by atoms with E-state index in [0.29, 0.717) is 16.8 Å². The van der Waals surface area contributed by atoms with Crippen molar-refractivity contribution in [3.8, 4) is 6.07 Å². The van der Waals surface area contributed by atoms with E-state index >= 15 is 0 Å². The third kappa shape index (κ3) is 2.37. The molecule has 0 spiro atoms. The Morgan fingerprint density at radius 3 is 2.81 bits per heavy atom. The largest absolute Gasteiger partial charge is 0.313 e. The van der Waals surface area contributed by atoms with Gasteiger partial charge >= 0.3 is 0 Å². The molecule has 4 heteroatoms. The second-order valence-electron chi connectivity index (χ2n) is 4.86. The molecular formula is C17H11BrN2O. The number of pyridine rings is 1. The number of aromatic nitrogens is 1. The number of aryl methyl sites for hydroxylation is 1. The maximum atomic E-state index is 12.7. The SMILES string of the molecule is Cc1cc(C#N)cc(C(=O)c2ccc3c(Br)cccn23)c1. The molecule has 0 amide bonds. The number of rotatable bonds is 2. The predicted octanol–water partition coefficient (Wildman–Crippen LogP) is 4.11. The monoisotopic (exact) mass is 338 g/mol. The van der Waals surface area contributed by atoms with Gasteiger partial charge in [-0.3, -0.25) is 4.79 Å². The lowest BCUT2D eigenvalue weighted by Gasteiger charge is -2.05. The summed E-state index contributed by atoms with van der Waals surface area (Å²) in [4.78, 5) is 12.7. The zero-order valence-electron chi connectivity index (χ0n) is 11.3. The minimum atomic E-state index is -0.0895. The molecule has 3 aromatic rings. The van der Waals surface area contributed by atoms with Gasteiger partial charge in [-0.05, 0) is 70.9 Å². The van der Waals surface area contributed by atoms with Crippen molar-refractivity contribution in [3.05, 3.63) is 75.5 Å². The first kappa shape index (κ1) is 13.6. The fourth-order valence-corrected chi connectivity index (χ4v) is 2.89. The van der Waals surface area contributed by atoms with Crippen molar-refractivity contribution in [2.24, 2.45) is 0 Å². The number of carbonyl (C=O) groups is 1. The molecule has 3 nitrogen and oxygen atoms in total. The van der Waals surface area contributed by atoms with Crippen LogP contribution in [-0.2, 0) is 0 Å². The summed E-state index contributed by atoms with van der Waals surface area (Å²) in [6, 6.07) is 14.8. The van der Waals surface area contributed by atoms with E-state index < -0.39 is 0 Å². The molecule has 0 aliphatic rings. The molecule has 0 atom stereocenters. The molecule has 0 bridgehead atoms. The summed E-state index contributed by atoms with van der Waals surface area (Å²) in [6.07, 6.45) is 1.86. The summed E-state index contributed by atoms with van der Waals surface area (Å²) in [5.74, 6) is -0.0895. The number of nitriles is 1. The van der Waals surface area contributed by atoms with Crippen LogP contribution in [0.25, 0.3) is 5.52 Å². The quantitative estimate of drug-likeness (QED) is 0.660. The summed E-state index contributed by atoms with van der Waals surface area (Å²) in [5.41, 5.74) is 3.46. The lowest BCUT2D eigenvalue weighted by atomic mass is 10.0. The highest BCUT2D eigenvalue weighted by Gasteiger charge is 2.15. The molecule has 1 aromatic carbocycles. The Morgan fingerprint density at radius 1 is 1.24 bits per heavy atom. The molecule has 0 fully saturated rings. The molecule has 2 aromatic heterocycles. The van der Waals surface area contributed by atoms with Crippen LogP contribution in [0, 0.1) is 18.3 Å². The molecule has 102 valence electrons. The number of hydrogen-bond donors (Lipinski definition) is 0. The lowest BCUT2D eigenvalue weighted by molar-refractivity contribution is 0.103. The van der Waals surface area contributed by atoms with Crippen LogP contribution in [0.15, 0.2) is 53.1 Å². The normalized spacial score (nSPS) is 10.5. The number of fused-ring (bicyclic) bond motifs is 1. The molecule has 0 unspecified atom stereocenters. The molecule has 0 aliphatic heterocycles. The molecule has 0 aliphatic carbocycles. The van der Waals surface area contributed by atoms with Gasteiger partial charge in [0.1, 0.15) is 0 Å². The van der Waals surface area contributed by atoms with Gasteiger partial charge in [0.05, 0.1) is 22.8 Å². The van der Waals surface area contributed by atoms with Crippen molar-refractivity contribution < 1.29 is 4.79 Å². The van der Waals surface area contributed by atoms with E-state index in [1.807, 2.05) is 35.7 Å². The maximum absolute atomic E-state index is 12.7. The first-order chi connectivity index (χ1) is 10.1. The Hall–Kier alpha value is -2.38. The van der Waals surface area contributed by atoms with Crippen LogP contribution in [0.2, 0.25) is 0 Å². The molecule has 0 radical (unpaired) electrons. The summed E-state index contributed by atoms with van der Waals surface area (Å²) in [6.45, 7) is 1.88. The van der Waals surface area contributed by atoms with Gasteiger partial charge in [-0.15, -0.1) is 0 Å². The van der Waals surface area contributed by atoms with Crippen LogP contribution >= 0.6 is 15.9 Å². The molecule has 0 saturated carbocycles. The molecule has 3 rings (SSSR count). The molecule has 2 heterocycles. The van der Waals surface area contributed by atoms with Crippen LogP contribution in [-0.4, -0.2) is 10.2 Å². The smallest absolute Gasteiger partial charge is 0.209 e. The second-order valence-corrected chi connectivity index (χ2v) is 5.71. The summed E-state index contributed by atoms with van der Waals surface area (Å²) in [5, 5.41) is 9.03. The number of carbonyl (C=O) groups excluding carboxylic acids is 1. The summed E-state index contributed by atoms with van der Waals surface area (Å²) >= 11 is 3.47. The number of hydrogen-bond acceptors (Lipinski definition) is 2. The average molecular weight is 339 g/mol. The van der Waals surface area contributed by atoms with E-state index in [1.165, 1.54) is 0 Å². The van der Waals surface area contributed by atoms with Gasteiger partial charge in [-0.2, -0.15) is 5.26 Å². The highest BCUT2D eigenvalue weighted by Crippen LogP contribution is 2.22. The highest BCUT2D eigenvalue weighted by atomic mass is 79.9. The Labute approximate surface area is 130 Å². The van der Waals surface area contributed by atoms with Crippen molar-refractivity contribution in [3.63, 3.8) is 0 Å². The van der Waals surface area contributed by atoms with E-state index in [1.54, 1.807) is 24.3 Å². The zero-order valence-corrected chi connectivity index (χ0v) is 12.9. The molecular weight excluding hydrogens is 328 g/mol. The molecule has 0 saturated heterocycles. The highest BCUT2D eigenvalue weighted by molar-refractivity contribution is 9.10. The fourth-order valence-electron chi connectivity index (χ4n) is 2.41. The van der Waals surface area contributed by atoms with Gasteiger partial charge in [-0.1, -0.05) is 0 Å². The summed E-state index contributed by atoms with van der Waals surface area (Å²) in [7, 11) is 0. The predicted molar refractivity (Wildman–Crippen MR) is 84.4 cm³/mol. The van der Waals surface area contributed by atoms with E-state index in [9.17, 15) is 4.79 Å². The minimum Gasteiger partial charge on any atom is -0.313 e. The third-order valence-electron chi connectivity index (χ3n) is 3.34. The first-order valence-corrected chi connectivity index (χ1v) is 7.21. The van der Waals surface area contributed by atoms with Crippen LogP contribution < -0.4 is 0 Å². The minimum absolute atomic E-state index is 0.0895. The Kier molecular flexibility index (Phi) is 3.36. The van der Waals surface area contributed by atoms with E-state index in [4.69, 9.17) is 5.26 Å². The summed E-state index contributed by atoms with van der Waals surface area (Å²) < 4.78 is 2.78. The van der Waals surface area contributed by atoms with E-state index in [-0.39, 0.29) is 5.78 Å². The fraction of sp³-hybridized carbons (Fsp3) is 0.0588. The molecule has 21 heavy (non-hydrogen) atoms. The number of nitrogens with zero attached hydrogens (tertiary/aromatic N) is 2. The van der Waals surface area contributed by atoms with Gasteiger partial charge < -0.3 is 4.40 Å². The van der Waals surface area contributed by atoms with Gasteiger partial charge in [0, 0.05) is 16.2 Å². The van der Waals surface area contributed by atoms with Gasteiger partial charge in [0.25, 0.3) is 0 Å². The van der Waals surface area contributed by atoms with E-state index in [0.717, 1.165) is 15.6 Å². The van der Waals surface area contributed by atoms with Gasteiger partial charge in [-0.25, -0.2) is 0 Å². The van der Waals surface area contributed by atoms with Crippen molar-refractivity contribution in [2.75, 3.05) is 0 Å². The Bertz CT molecular complexity index is 903. The van der Waals surface area contributed by atoms with Crippen molar-refractivity contribution in [1.29, 1.82) is 5.26 Å². The molecule has 0 N–H and O–H groups in total. The van der Waals surface area contributed by atoms with Crippen LogP contribution in [0.1, 0.15) is 27.2 Å². The van der Waals surface area contributed by atoms with Crippen molar-refractivity contribution >= 4 is 27.2 Å². The van der Waals surface area contributed by atoms with Gasteiger partial charge in [0.15, 0.2) is 0 Å². The van der Waals surface area contributed by atoms with Crippen molar-refractivity contribution in [2.45, 2.75) is 6.92 Å². The number of ketones is 1. The van der Waals surface area contributed by atoms with Crippen LogP contribution in [0.3, 0.4) is 0 Å². The standard InChI is InChI=1S/C17H11BrN2O/c1-11-7-12(10-19)9-13(8-11)17(21)16-5-4-15-14(18)3-2-6-20(15)16/h2-9H,1H3.